The number of nitrogens with zero attached hydrogens (tertiary/aromatic N) is 1. The summed E-state index contributed by atoms with van der Waals surface area (Å²) in [7, 11) is 0. The largest absolute Gasteiger partial charge is 0.466 e. The van der Waals surface area contributed by atoms with Crippen LogP contribution in [-0.4, -0.2) is 20.2 Å². The van der Waals surface area contributed by atoms with Gasteiger partial charge >= 0.3 is 0 Å². The number of hydrogen-bond donors (Lipinski definition) is 2. The molecule has 2 aromatic rings. The summed E-state index contributed by atoms with van der Waals surface area (Å²) in [5.74, 6) is 0.700. The van der Waals surface area contributed by atoms with E-state index in [2.05, 4.69) is 4.72 Å². The monoisotopic (exact) mass is 378 g/mol. The maximum atomic E-state index is 10.8. The predicted molar refractivity (Wildman–Crippen MR) is 101 cm³/mol. The number of benzene rings is 2. The van der Waals surface area contributed by atoms with Gasteiger partial charge in [-0.1, -0.05) is 23.7 Å². The Morgan fingerprint density at radius 3 is 2.72 bits per heavy atom. The fourth-order valence-electron chi connectivity index (χ4n) is 2.74. The molecule has 0 saturated carbocycles. The number of fused-ring (bicyclic) bond motifs is 1. The molecule has 7 heteroatoms. The third kappa shape index (κ3) is 4.10. The van der Waals surface area contributed by atoms with Crippen molar-refractivity contribution < 1.29 is 13.5 Å². The van der Waals surface area contributed by atoms with Crippen LogP contribution in [0.15, 0.2) is 41.4 Å². The minimum atomic E-state index is -2.05. The van der Waals surface area contributed by atoms with Crippen molar-refractivity contribution in [3.63, 3.8) is 0 Å². The molecule has 1 aliphatic heterocycles. The van der Waals surface area contributed by atoms with Crippen molar-refractivity contribution in [3.8, 4) is 5.75 Å². The topological polar surface area (TPSA) is 70.9 Å². The summed E-state index contributed by atoms with van der Waals surface area (Å²) in [6.45, 7) is 6.02. The second kappa shape index (κ2) is 6.88. The van der Waals surface area contributed by atoms with Crippen molar-refractivity contribution in [1.82, 2.24) is 4.72 Å². The second-order valence-electron chi connectivity index (χ2n) is 6.37. The van der Waals surface area contributed by atoms with E-state index in [1.807, 2.05) is 57.2 Å². The molecule has 25 heavy (non-hydrogen) atoms. The van der Waals surface area contributed by atoms with E-state index in [0.717, 1.165) is 28.0 Å². The van der Waals surface area contributed by atoms with Gasteiger partial charge in [0.05, 0.1) is 5.71 Å². The van der Waals surface area contributed by atoms with Gasteiger partial charge in [-0.3, -0.25) is 4.55 Å². The van der Waals surface area contributed by atoms with Gasteiger partial charge in [0.1, 0.15) is 5.75 Å². The molecule has 1 unspecified atom stereocenters. The molecule has 0 amide bonds. The maximum Gasteiger partial charge on any atom is 0.232 e. The van der Waals surface area contributed by atoms with E-state index >= 15 is 0 Å². The van der Waals surface area contributed by atoms with Crippen molar-refractivity contribution in [3.05, 3.63) is 63.7 Å². The van der Waals surface area contributed by atoms with E-state index in [0.29, 0.717) is 10.8 Å². The lowest BCUT2D eigenvalue weighted by atomic mass is 9.96. The van der Waals surface area contributed by atoms with Crippen molar-refractivity contribution in [2.24, 2.45) is 4.99 Å². The SMILES string of the molecule is Cc1cc(C2=NC(C)(C)Oc3cc(CNS(=O)O)ccc32)ccc1Cl. The van der Waals surface area contributed by atoms with Crippen molar-refractivity contribution in [1.29, 1.82) is 0 Å². The van der Waals surface area contributed by atoms with E-state index in [-0.39, 0.29) is 6.54 Å². The molecule has 0 fully saturated rings. The van der Waals surface area contributed by atoms with E-state index in [1.54, 1.807) is 0 Å². The van der Waals surface area contributed by atoms with Gasteiger partial charge in [-0.05, 0) is 56.2 Å². The Bertz CT molecular complexity index is 881. The van der Waals surface area contributed by atoms with E-state index < -0.39 is 17.0 Å². The van der Waals surface area contributed by atoms with Crippen molar-refractivity contribution in [2.75, 3.05) is 0 Å². The lowest BCUT2D eigenvalue weighted by Crippen LogP contribution is -2.32. The maximum absolute atomic E-state index is 10.8. The van der Waals surface area contributed by atoms with Gasteiger partial charge in [0.25, 0.3) is 0 Å². The Morgan fingerprint density at radius 2 is 2.04 bits per heavy atom. The normalized spacial score (nSPS) is 16.6. The average molecular weight is 379 g/mol. The van der Waals surface area contributed by atoms with Crippen LogP contribution in [-0.2, 0) is 17.8 Å². The van der Waals surface area contributed by atoms with Crippen LogP contribution >= 0.6 is 11.6 Å². The standard InChI is InChI=1S/C18H19ClN2O3S/c1-11-8-13(5-7-15(11)19)17-14-6-4-12(10-20-25(22)23)9-16(14)24-18(2,3)21-17/h4-9,20H,10H2,1-3H3,(H,22,23). The van der Waals surface area contributed by atoms with Gasteiger partial charge in [-0.2, -0.15) is 0 Å². The number of aryl methyl sites for hydroxylation is 1. The van der Waals surface area contributed by atoms with Crippen molar-refractivity contribution in [2.45, 2.75) is 33.0 Å². The second-order valence-corrected chi connectivity index (χ2v) is 7.57. The molecule has 1 aliphatic rings. The molecule has 0 radical (unpaired) electrons. The Morgan fingerprint density at radius 1 is 1.28 bits per heavy atom. The molecule has 1 atom stereocenters. The van der Waals surface area contributed by atoms with E-state index in [9.17, 15) is 4.21 Å². The third-order valence-corrected chi connectivity index (χ3v) is 4.69. The molecule has 132 valence electrons. The van der Waals surface area contributed by atoms with Crippen LogP contribution in [0.5, 0.6) is 5.75 Å². The Kier molecular flexibility index (Phi) is 4.97. The average Bonchev–Trinajstić information content (AvgIpc) is 2.53. The zero-order chi connectivity index (χ0) is 18.2. The van der Waals surface area contributed by atoms with E-state index in [4.69, 9.17) is 25.9 Å². The number of nitrogens with one attached hydrogen (secondary N) is 1. The van der Waals surface area contributed by atoms with Crippen LogP contribution in [0, 0.1) is 6.92 Å². The fourth-order valence-corrected chi connectivity index (χ4v) is 3.14. The minimum Gasteiger partial charge on any atom is -0.466 e. The number of aliphatic imine (C=N–C) groups is 1. The number of ether oxygens (including phenoxy) is 1. The van der Waals surface area contributed by atoms with Crippen LogP contribution < -0.4 is 9.46 Å². The fraction of sp³-hybridized carbons (Fsp3) is 0.278. The zero-order valence-corrected chi connectivity index (χ0v) is 15.7. The van der Waals surface area contributed by atoms with Gasteiger partial charge < -0.3 is 4.74 Å². The van der Waals surface area contributed by atoms with E-state index in [1.165, 1.54) is 0 Å². The number of hydrogen-bond acceptors (Lipinski definition) is 3. The highest BCUT2D eigenvalue weighted by atomic mass is 35.5. The molecule has 0 saturated heterocycles. The summed E-state index contributed by atoms with van der Waals surface area (Å²) >= 11 is 4.09. The molecule has 2 aromatic carbocycles. The van der Waals surface area contributed by atoms with Crippen LogP contribution in [0.3, 0.4) is 0 Å². The minimum absolute atomic E-state index is 0.271. The van der Waals surface area contributed by atoms with Gasteiger partial charge in [0.15, 0.2) is 5.72 Å². The van der Waals surface area contributed by atoms with Crippen LogP contribution in [0.4, 0.5) is 0 Å². The quantitative estimate of drug-likeness (QED) is 0.794. The molecule has 2 N–H and O–H groups in total. The third-order valence-electron chi connectivity index (χ3n) is 3.87. The number of halogens is 1. The van der Waals surface area contributed by atoms with Crippen LogP contribution in [0.25, 0.3) is 0 Å². The molecule has 1 heterocycles. The summed E-state index contributed by atoms with van der Waals surface area (Å²) in [6.07, 6.45) is 0. The predicted octanol–water partition coefficient (Wildman–Crippen LogP) is 3.84. The Hall–Kier alpha value is -1.73. The van der Waals surface area contributed by atoms with Crippen LogP contribution in [0.1, 0.15) is 36.1 Å². The van der Waals surface area contributed by atoms with Gasteiger partial charge in [0, 0.05) is 22.7 Å². The molecule has 3 rings (SSSR count). The smallest absolute Gasteiger partial charge is 0.232 e. The first kappa shape index (κ1) is 18.1. The Labute approximate surface area is 154 Å². The zero-order valence-electron chi connectivity index (χ0n) is 14.2. The molecule has 0 spiro atoms. The first-order valence-corrected chi connectivity index (χ1v) is 9.27. The lowest BCUT2D eigenvalue weighted by molar-refractivity contribution is 0.115. The summed E-state index contributed by atoms with van der Waals surface area (Å²) < 4.78 is 28.1. The first-order valence-electron chi connectivity index (χ1n) is 7.78. The summed E-state index contributed by atoms with van der Waals surface area (Å²) in [6, 6.07) is 11.5. The molecule has 0 aliphatic carbocycles. The molecule has 0 aromatic heterocycles. The molecular formula is C18H19ClN2O3S. The molecule has 0 bridgehead atoms. The summed E-state index contributed by atoms with van der Waals surface area (Å²) in [4.78, 5) is 4.75. The van der Waals surface area contributed by atoms with Gasteiger partial charge in [0.2, 0.25) is 11.3 Å². The highest BCUT2D eigenvalue weighted by molar-refractivity contribution is 7.77. The van der Waals surface area contributed by atoms with Crippen LogP contribution in [0.2, 0.25) is 5.02 Å². The number of rotatable bonds is 4. The Balaban J connectivity index is 2.04. The summed E-state index contributed by atoms with van der Waals surface area (Å²) in [5.41, 5.74) is 3.83. The first-order chi connectivity index (χ1) is 11.7. The molecular weight excluding hydrogens is 360 g/mol. The van der Waals surface area contributed by atoms with Gasteiger partial charge in [-0.25, -0.2) is 13.9 Å². The summed E-state index contributed by atoms with van der Waals surface area (Å²) in [5, 5.41) is 0.717. The lowest BCUT2D eigenvalue weighted by Gasteiger charge is -2.30. The van der Waals surface area contributed by atoms with Gasteiger partial charge in [-0.15, -0.1) is 0 Å². The highest BCUT2D eigenvalue weighted by Gasteiger charge is 2.29. The molecule has 5 nitrogen and oxygen atoms in total. The van der Waals surface area contributed by atoms with Crippen molar-refractivity contribution >= 4 is 28.6 Å². The highest BCUT2D eigenvalue weighted by Crippen LogP contribution is 2.34.